The molecular weight excluding hydrogens is 330 g/mol. The molecule has 0 unspecified atom stereocenters. The Hall–Kier alpha value is -0.710. The summed E-state index contributed by atoms with van der Waals surface area (Å²) in [5.74, 6) is 5.16. The number of hydrogen-bond acceptors (Lipinski definition) is 4. The van der Waals surface area contributed by atoms with E-state index in [0.717, 1.165) is 0 Å². The molecule has 0 radical (unpaired) electrons. The summed E-state index contributed by atoms with van der Waals surface area (Å²) in [4.78, 5) is 0.0237. The van der Waals surface area contributed by atoms with E-state index in [9.17, 15) is 8.42 Å². The van der Waals surface area contributed by atoms with Crippen LogP contribution in [0.2, 0.25) is 5.02 Å². The number of nitrogens with one attached hydrogen (secondary N) is 1. The largest absolute Gasteiger partial charge is 0.384 e. The summed E-state index contributed by atoms with van der Waals surface area (Å²) in [6.45, 7) is 3.95. The first-order valence-electron chi connectivity index (χ1n) is 6.16. The van der Waals surface area contributed by atoms with Gasteiger partial charge < -0.3 is 5.11 Å². The summed E-state index contributed by atoms with van der Waals surface area (Å²) in [6, 6.07) is 4.44. The van der Waals surface area contributed by atoms with Crippen LogP contribution in [0.25, 0.3) is 0 Å². The Labute approximate surface area is 135 Å². The first-order valence-corrected chi connectivity index (χ1v) is 9.24. The first kappa shape index (κ1) is 18.3. The highest BCUT2D eigenvalue weighted by molar-refractivity contribution is 8.00. The van der Waals surface area contributed by atoms with Gasteiger partial charge in [0.25, 0.3) is 0 Å². The van der Waals surface area contributed by atoms with Crippen molar-refractivity contribution in [1.82, 2.24) is 4.72 Å². The quantitative estimate of drug-likeness (QED) is 0.800. The smallest absolute Gasteiger partial charge is 0.242 e. The third-order valence-electron chi connectivity index (χ3n) is 2.77. The molecule has 0 saturated heterocycles. The predicted octanol–water partition coefficient (Wildman–Crippen LogP) is 2.10. The van der Waals surface area contributed by atoms with Crippen molar-refractivity contribution in [2.24, 2.45) is 0 Å². The molecule has 0 saturated carbocycles. The van der Waals surface area contributed by atoms with Crippen LogP contribution in [0.15, 0.2) is 23.1 Å². The van der Waals surface area contributed by atoms with Gasteiger partial charge in [0.05, 0.1) is 5.02 Å². The number of sulfonamides is 1. The van der Waals surface area contributed by atoms with Crippen molar-refractivity contribution < 1.29 is 13.5 Å². The van der Waals surface area contributed by atoms with Gasteiger partial charge in [0.15, 0.2) is 0 Å². The number of hydrogen-bond donors (Lipinski definition) is 2. The summed E-state index contributed by atoms with van der Waals surface area (Å²) in [7, 11) is -3.66. The maximum absolute atomic E-state index is 12.3. The van der Waals surface area contributed by atoms with Gasteiger partial charge in [-0.15, -0.1) is 0 Å². The summed E-state index contributed by atoms with van der Waals surface area (Å²) in [5.41, 5.74) is 0.553. The highest BCUT2D eigenvalue weighted by Crippen LogP contribution is 2.24. The van der Waals surface area contributed by atoms with Crippen molar-refractivity contribution in [2.45, 2.75) is 23.5 Å². The number of benzene rings is 1. The van der Waals surface area contributed by atoms with Gasteiger partial charge in [0.1, 0.15) is 11.5 Å². The highest BCUT2D eigenvalue weighted by atomic mass is 35.5. The second kappa shape index (κ2) is 7.52. The number of rotatable bonds is 5. The molecule has 21 heavy (non-hydrogen) atoms. The van der Waals surface area contributed by atoms with E-state index < -0.39 is 10.0 Å². The van der Waals surface area contributed by atoms with Gasteiger partial charge in [0.2, 0.25) is 10.0 Å². The van der Waals surface area contributed by atoms with Crippen molar-refractivity contribution in [1.29, 1.82) is 0 Å². The minimum atomic E-state index is -3.66. The molecule has 0 aliphatic carbocycles. The Bertz CT molecular complexity index is 661. The normalized spacial score (nSPS) is 11.9. The molecule has 7 heteroatoms. The molecule has 0 heterocycles. The SMILES string of the molecule is CSC(C)(C)CNS(=O)(=O)c1ccc(C#CCO)cc1Cl. The number of halogens is 1. The third-order valence-corrected chi connectivity index (χ3v) is 5.91. The zero-order valence-electron chi connectivity index (χ0n) is 12.1. The van der Waals surface area contributed by atoms with Gasteiger partial charge in [-0.2, -0.15) is 11.8 Å². The van der Waals surface area contributed by atoms with E-state index in [-0.39, 0.29) is 21.3 Å². The van der Waals surface area contributed by atoms with Gasteiger partial charge in [-0.3, -0.25) is 0 Å². The zero-order chi connectivity index (χ0) is 16.1. The lowest BCUT2D eigenvalue weighted by Gasteiger charge is -2.22. The molecule has 0 aliphatic heterocycles. The van der Waals surface area contributed by atoms with Gasteiger partial charge in [-0.25, -0.2) is 13.1 Å². The Morgan fingerprint density at radius 1 is 1.43 bits per heavy atom. The molecule has 4 nitrogen and oxygen atoms in total. The molecular formula is C14H18ClNO3S2. The molecule has 0 fully saturated rings. The molecule has 0 atom stereocenters. The van der Waals surface area contributed by atoms with Crippen LogP contribution in [0, 0.1) is 11.8 Å². The second-order valence-electron chi connectivity index (χ2n) is 4.89. The van der Waals surface area contributed by atoms with E-state index in [2.05, 4.69) is 16.6 Å². The monoisotopic (exact) mass is 347 g/mol. The average Bonchev–Trinajstić information content (AvgIpc) is 2.43. The minimum Gasteiger partial charge on any atom is -0.384 e. The Balaban J connectivity index is 2.99. The van der Waals surface area contributed by atoms with Crippen LogP contribution >= 0.6 is 23.4 Å². The van der Waals surface area contributed by atoms with Crippen LogP contribution in [0.4, 0.5) is 0 Å². The maximum Gasteiger partial charge on any atom is 0.242 e. The fourth-order valence-corrected chi connectivity index (χ4v) is 3.42. The average molecular weight is 348 g/mol. The van der Waals surface area contributed by atoms with Crippen LogP contribution in [-0.4, -0.2) is 37.7 Å². The number of aliphatic hydroxyl groups excluding tert-OH is 1. The van der Waals surface area contributed by atoms with Crippen LogP contribution in [-0.2, 0) is 10.0 Å². The summed E-state index contributed by atoms with van der Waals surface area (Å²) in [6.07, 6.45) is 1.93. The van der Waals surface area contributed by atoms with Gasteiger partial charge in [-0.05, 0) is 38.3 Å². The van der Waals surface area contributed by atoms with E-state index in [1.807, 2.05) is 20.1 Å². The van der Waals surface area contributed by atoms with Crippen molar-refractivity contribution in [2.75, 3.05) is 19.4 Å². The second-order valence-corrected chi connectivity index (χ2v) is 8.55. The lowest BCUT2D eigenvalue weighted by atomic mass is 10.2. The summed E-state index contributed by atoms with van der Waals surface area (Å²) in [5, 5.41) is 8.74. The van der Waals surface area contributed by atoms with Crippen LogP contribution in [0.3, 0.4) is 0 Å². The third kappa shape index (κ3) is 5.53. The lowest BCUT2D eigenvalue weighted by Crippen LogP contribution is -2.36. The zero-order valence-corrected chi connectivity index (χ0v) is 14.5. The maximum atomic E-state index is 12.3. The Morgan fingerprint density at radius 2 is 2.10 bits per heavy atom. The van der Waals surface area contributed by atoms with Gasteiger partial charge in [0, 0.05) is 16.9 Å². The van der Waals surface area contributed by atoms with Crippen molar-refractivity contribution in [3.05, 3.63) is 28.8 Å². The highest BCUT2D eigenvalue weighted by Gasteiger charge is 2.23. The van der Waals surface area contributed by atoms with E-state index in [0.29, 0.717) is 12.1 Å². The number of aliphatic hydroxyl groups is 1. The van der Waals surface area contributed by atoms with Crippen molar-refractivity contribution in [3.63, 3.8) is 0 Å². The fraction of sp³-hybridized carbons (Fsp3) is 0.429. The van der Waals surface area contributed by atoms with Crippen LogP contribution in [0.5, 0.6) is 0 Å². The lowest BCUT2D eigenvalue weighted by molar-refractivity contribution is 0.350. The van der Waals surface area contributed by atoms with Crippen LogP contribution in [0.1, 0.15) is 19.4 Å². The van der Waals surface area contributed by atoms with Gasteiger partial charge >= 0.3 is 0 Å². The Kier molecular flexibility index (Phi) is 6.57. The minimum absolute atomic E-state index is 0.0237. The topological polar surface area (TPSA) is 66.4 Å². The van der Waals surface area contributed by atoms with E-state index >= 15 is 0 Å². The van der Waals surface area contributed by atoms with E-state index in [4.69, 9.17) is 16.7 Å². The predicted molar refractivity (Wildman–Crippen MR) is 88.2 cm³/mol. The molecule has 1 aromatic rings. The summed E-state index contributed by atoms with van der Waals surface area (Å²) < 4.78 is 26.9. The molecule has 2 N–H and O–H groups in total. The van der Waals surface area contributed by atoms with Crippen molar-refractivity contribution >= 4 is 33.4 Å². The van der Waals surface area contributed by atoms with Crippen molar-refractivity contribution in [3.8, 4) is 11.8 Å². The van der Waals surface area contributed by atoms with E-state index in [1.54, 1.807) is 17.8 Å². The molecule has 116 valence electrons. The van der Waals surface area contributed by atoms with Gasteiger partial charge in [-0.1, -0.05) is 23.4 Å². The molecule has 1 aromatic carbocycles. The van der Waals surface area contributed by atoms with E-state index in [1.165, 1.54) is 12.1 Å². The molecule has 0 spiro atoms. The fourth-order valence-electron chi connectivity index (χ4n) is 1.36. The van der Waals surface area contributed by atoms with Crippen LogP contribution < -0.4 is 4.72 Å². The molecule has 0 aliphatic rings. The molecule has 0 amide bonds. The molecule has 0 bridgehead atoms. The summed E-state index contributed by atoms with van der Waals surface area (Å²) >= 11 is 7.60. The first-order chi connectivity index (χ1) is 9.72. The standard InChI is InChI=1S/C14H18ClNO3S2/c1-14(2,20-3)10-16-21(18,19)13-7-6-11(5-4-8-17)9-12(13)15/h6-7,9,16-17H,8,10H2,1-3H3. The number of thioether (sulfide) groups is 1. The Morgan fingerprint density at radius 3 is 2.62 bits per heavy atom. The molecule has 0 aromatic heterocycles. The molecule has 1 rings (SSSR count).